The van der Waals surface area contributed by atoms with Crippen LogP contribution in [0.15, 0.2) is 27.6 Å². The third-order valence-electron chi connectivity index (χ3n) is 1.62. The van der Waals surface area contributed by atoms with Gasteiger partial charge in [-0.15, -0.1) is 0 Å². The second kappa shape index (κ2) is 2.89. The van der Waals surface area contributed by atoms with Crippen LogP contribution in [0.25, 0.3) is 0 Å². The second-order valence-electron chi connectivity index (χ2n) is 2.92. The van der Waals surface area contributed by atoms with Crippen molar-refractivity contribution < 1.29 is 29.3 Å². The van der Waals surface area contributed by atoms with Crippen molar-refractivity contribution in [1.29, 1.82) is 0 Å². The predicted molar refractivity (Wildman–Crippen MR) is 52.5 cm³/mol. The van der Waals surface area contributed by atoms with Gasteiger partial charge in [0.2, 0.25) is 0 Å². The number of carboxylic acid groups (broad SMARTS) is 1. The van der Waals surface area contributed by atoms with E-state index in [-0.39, 0.29) is 12.1 Å². The summed E-state index contributed by atoms with van der Waals surface area (Å²) in [6.45, 7) is 0. The molecular formula is C7H4BrF5O2S. The van der Waals surface area contributed by atoms with Crippen LogP contribution >= 0.6 is 26.2 Å². The highest BCUT2D eigenvalue weighted by molar-refractivity contribution is 9.10. The van der Waals surface area contributed by atoms with Gasteiger partial charge in [-0.25, -0.2) is 4.79 Å². The van der Waals surface area contributed by atoms with E-state index in [2.05, 4.69) is 15.9 Å². The smallest absolute Gasteiger partial charge is 0.336 e. The molecule has 0 bridgehead atoms. The van der Waals surface area contributed by atoms with Gasteiger partial charge in [0.05, 0.1) is 5.56 Å². The average Bonchev–Trinajstić information content (AvgIpc) is 1.98. The predicted octanol–water partition coefficient (Wildman–Crippen LogP) is 4.80. The summed E-state index contributed by atoms with van der Waals surface area (Å²) in [6, 6.07) is 0.584. The van der Waals surface area contributed by atoms with Gasteiger partial charge in [0.1, 0.15) is 4.90 Å². The molecule has 0 aromatic heterocycles. The molecule has 9 heteroatoms. The van der Waals surface area contributed by atoms with Gasteiger partial charge in [0, 0.05) is 4.47 Å². The molecule has 0 radical (unpaired) electrons. The Morgan fingerprint density at radius 3 is 2.00 bits per heavy atom. The minimum absolute atomic E-state index is 0.0514. The van der Waals surface area contributed by atoms with Crippen LogP contribution in [0.1, 0.15) is 10.4 Å². The van der Waals surface area contributed by atoms with Crippen LogP contribution in [0.5, 0.6) is 0 Å². The Labute approximate surface area is 94.9 Å². The van der Waals surface area contributed by atoms with Crippen molar-refractivity contribution in [2.45, 2.75) is 4.90 Å². The largest absolute Gasteiger partial charge is 0.478 e. The lowest BCUT2D eigenvalue weighted by molar-refractivity contribution is 0.0695. The van der Waals surface area contributed by atoms with Crippen LogP contribution in [0, 0.1) is 0 Å². The van der Waals surface area contributed by atoms with E-state index in [4.69, 9.17) is 5.11 Å². The lowest BCUT2D eigenvalue weighted by Crippen LogP contribution is -2.07. The highest BCUT2D eigenvalue weighted by atomic mass is 79.9. The fourth-order valence-corrected chi connectivity index (χ4v) is 2.27. The van der Waals surface area contributed by atoms with Crippen molar-refractivity contribution in [1.82, 2.24) is 0 Å². The van der Waals surface area contributed by atoms with Crippen molar-refractivity contribution in [3.05, 3.63) is 28.2 Å². The molecule has 0 saturated carbocycles. The van der Waals surface area contributed by atoms with Crippen molar-refractivity contribution >= 4 is 32.1 Å². The maximum Gasteiger partial charge on any atom is 0.336 e. The summed E-state index contributed by atoms with van der Waals surface area (Å²) >= 11 is 2.49. The SMILES string of the molecule is O=C(O)c1ccc(S(F)(F)(F)(F)F)cc1Br. The third-order valence-corrected chi connectivity index (χ3v) is 3.42. The Balaban J connectivity index is 3.45. The number of carboxylic acids is 1. The first kappa shape index (κ1) is 13.2. The third kappa shape index (κ3) is 2.85. The molecule has 92 valence electrons. The normalized spacial score (nSPS) is 16.4. The Kier molecular flexibility index (Phi) is 2.39. The molecule has 2 nitrogen and oxygen atoms in total. The molecule has 1 aromatic rings. The lowest BCUT2D eigenvalue weighted by Gasteiger charge is -2.40. The maximum atomic E-state index is 12.3. The molecule has 0 spiro atoms. The van der Waals surface area contributed by atoms with E-state index < -0.39 is 31.1 Å². The highest BCUT2D eigenvalue weighted by Gasteiger charge is 2.65. The zero-order valence-electron chi connectivity index (χ0n) is 7.26. The van der Waals surface area contributed by atoms with Crippen LogP contribution in [-0.2, 0) is 0 Å². The Morgan fingerprint density at radius 1 is 1.19 bits per heavy atom. The fourth-order valence-electron chi connectivity index (χ4n) is 0.909. The van der Waals surface area contributed by atoms with Crippen LogP contribution in [0.3, 0.4) is 0 Å². The zero-order chi connectivity index (χ0) is 12.8. The first-order valence-electron chi connectivity index (χ1n) is 3.58. The number of carbonyl (C=O) groups is 1. The molecule has 1 rings (SSSR count). The number of hydrogen-bond acceptors (Lipinski definition) is 1. The molecule has 0 saturated heterocycles. The van der Waals surface area contributed by atoms with E-state index in [1.807, 2.05) is 0 Å². The van der Waals surface area contributed by atoms with Gasteiger partial charge < -0.3 is 5.11 Å². The number of hydrogen-bond donors (Lipinski definition) is 1. The molecule has 0 amide bonds. The van der Waals surface area contributed by atoms with Gasteiger partial charge in [-0.1, -0.05) is 19.4 Å². The molecule has 0 aliphatic rings. The summed E-state index contributed by atoms with van der Waals surface area (Å²) in [4.78, 5) is 8.33. The summed E-state index contributed by atoms with van der Waals surface area (Å²) < 4.78 is 60.9. The van der Waals surface area contributed by atoms with Crippen molar-refractivity contribution in [2.24, 2.45) is 0 Å². The summed E-state index contributed by atoms with van der Waals surface area (Å²) in [5.41, 5.74) is -0.523. The van der Waals surface area contributed by atoms with Crippen LogP contribution < -0.4 is 0 Å². The minimum Gasteiger partial charge on any atom is -0.478 e. The number of halogens is 6. The Hall–Kier alpha value is -0.830. The van der Waals surface area contributed by atoms with Crippen molar-refractivity contribution in [3.8, 4) is 0 Å². The summed E-state index contributed by atoms with van der Waals surface area (Å²) in [7, 11) is -9.75. The molecule has 0 unspecified atom stereocenters. The van der Waals surface area contributed by atoms with Crippen LogP contribution in [0.4, 0.5) is 19.4 Å². The molecule has 1 N–H and O–H groups in total. The fraction of sp³-hybridized carbons (Fsp3) is 0. The van der Waals surface area contributed by atoms with E-state index in [9.17, 15) is 24.2 Å². The average molecular weight is 327 g/mol. The number of rotatable bonds is 2. The Bertz CT molecular complexity index is 469. The van der Waals surface area contributed by atoms with Gasteiger partial charge in [0.15, 0.2) is 0 Å². The van der Waals surface area contributed by atoms with Gasteiger partial charge in [-0.05, 0) is 34.1 Å². The van der Waals surface area contributed by atoms with E-state index in [1.165, 1.54) is 0 Å². The molecule has 1 aromatic carbocycles. The molecule has 0 heterocycles. The number of benzene rings is 1. The Morgan fingerprint density at radius 2 is 1.69 bits per heavy atom. The lowest BCUT2D eigenvalue weighted by atomic mass is 10.2. The summed E-state index contributed by atoms with van der Waals surface area (Å²) in [5, 5.41) is 8.50. The summed E-state index contributed by atoms with van der Waals surface area (Å²) in [5.74, 6) is -1.51. The van der Waals surface area contributed by atoms with Gasteiger partial charge in [0.25, 0.3) is 0 Å². The quantitative estimate of drug-likeness (QED) is 0.792. The van der Waals surface area contributed by atoms with Crippen molar-refractivity contribution in [3.63, 3.8) is 0 Å². The minimum atomic E-state index is -9.75. The summed E-state index contributed by atoms with van der Waals surface area (Å²) in [6.07, 6.45) is 0. The molecular weight excluding hydrogens is 323 g/mol. The second-order valence-corrected chi connectivity index (χ2v) is 6.18. The molecule has 0 fully saturated rings. The van der Waals surface area contributed by atoms with E-state index in [1.54, 1.807) is 0 Å². The molecule has 0 aliphatic heterocycles. The first-order chi connectivity index (χ1) is 6.81. The maximum absolute atomic E-state index is 12.3. The monoisotopic (exact) mass is 326 g/mol. The molecule has 16 heavy (non-hydrogen) atoms. The van der Waals surface area contributed by atoms with Gasteiger partial charge in [-0.3, -0.25) is 0 Å². The van der Waals surface area contributed by atoms with Crippen LogP contribution in [0.2, 0.25) is 0 Å². The van der Waals surface area contributed by atoms with E-state index >= 15 is 0 Å². The number of aromatic carboxylic acids is 1. The molecule has 0 atom stereocenters. The van der Waals surface area contributed by atoms with E-state index in [0.29, 0.717) is 6.07 Å². The highest BCUT2D eigenvalue weighted by Crippen LogP contribution is 3.02. The standard InChI is InChI=1S/C7H4BrF5O2S/c8-6-3-4(16(9,10,11,12)13)1-2-5(6)7(14)15/h1-3H,(H,14,15). The topological polar surface area (TPSA) is 37.3 Å². The zero-order valence-corrected chi connectivity index (χ0v) is 9.67. The van der Waals surface area contributed by atoms with Crippen molar-refractivity contribution in [2.75, 3.05) is 0 Å². The first-order valence-corrected chi connectivity index (χ1v) is 6.32. The van der Waals surface area contributed by atoms with Gasteiger partial charge >= 0.3 is 16.2 Å². The van der Waals surface area contributed by atoms with E-state index in [0.717, 1.165) is 0 Å². The molecule has 0 aliphatic carbocycles. The van der Waals surface area contributed by atoms with Gasteiger partial charge in [-0.2, -0.15) is 0 Å². The van der Waals surface area contributed by atoms with Crippen LogP contribution in [-0.4, -0.2) is 11.1 Å².